The smallest absolute Gasteiger partial charge is 0.387 e. The molecule has 7 nitrogen and oxygen atoms in total. The summed E-state index contributed by atoms with van der Waals surface area (Å²) < 4.78 is 55.9. The SMILES string of the molecule is Cc1c(CC(=O)O)c2cccnc2n1S(=O)(=O)c1ccc(OC(F)F)cc1. The van der Waals surface area contributed by atoms with Gasteiger partial charge in [-0.15, -0.1) is 0 Å². The first kappa shape index (κ1) is 18.8. The molecule has 3 aromatic rings. The predicted molar refractivity (Wildman–Crippen MR) is 91.5 cm³/mol. The van der Waals surface area contributed by atoms with Crippen LogP contribution in [0.25, 0.3) is 11.0 Å². The van der Waals surface area contributed by atoms with Gasteiger partial charge in [-0.2, -0.15) is 8.78 Å². The number of pyridine rings is 1. The number of carboxylic acids is 1. The maximum atomic E-state index is 13.1. The van der Waals surface area contributed by atoms with Crippen molar-refractivity contribution >= 4 is 27.0 Å². The lowest BCUT2D eigenvalue weighted by atomic mass is 10.1. The van der Waals surface area contributed by atoms with Crippen LogP contribution >= 0.6 is 0 Å². The lowest BCUT2D eigenvalue weighted by Gasteiger charge is -2.11. The van der Waals surface area contributed by atoms with E-state index in [2.05, 4.69) is 9.72 Å². The highest BCUT2D eigenvalue weighted by Gasteiger charge is 2.26. The summed E-state index contributed by atoms with van der Waals surface area (Å²) in [6.07, 6.45) is 1.04. The second-order valence-corrected chi connectivity index (χ2v) is 7.42. The summed E-state index contributed by atoms with van der Waals surface area (Å²) in [5.41, 5.74) is 0.657. The Morgan fingerprint density at radius 1 is 1.26 bits per heavy atom. The average molecular weight is 396 g/mol. The van der Waals surface area contributed by atoms with Gasteiger partial charge in [-0.05, 0) is 48.9 Å². The summed E-state index contributed by atoms with van der Waals surface area (Å²) in [5.74, 6) is -1.28. The van der Waals surface area contributed by atoms with E-state index in [-0.39, 0.29) is 28.4 Å². The Morgan fingerprint density at radius 3 is 2.52 bits per heavy atom. The Hall–Kier alpha value is -3.01. The number of hydrogen-bond donors (Lipinski definition) is 1. The van der Waals surface area contributed by atoms with Gasteiger partial charge in [0.2, 0.25) is 0 Å². The number of aromatic nitrogens is 2. The van der Waals surface area contributed by atoms with E-state index < -0.39 is 22.6 Å². The van der Waals surface area contributed by atoms with Crippen molar-refractivity contribution in [2.24, 2.45) is 0 Å². The van der Waals surface area contributed by atoms with Crippen molar-refractivity contribution in [3.63, 3.8) is 0 Å². The molecule has 0 aliphatic heterocycles. The average Bonchev–Trinajstić information content (AvgIpc) is 2.87. The van der Waals surface area contributed by atoms with Crippen LogP contribution in [-0.4, -0.2) is 35.1 Å². The van der Waals surface area contributed by atoms with Crippen molar-refractivity contribution in [2.45, 2.75) is 24.9 Å². The molecule has 2 heterocycles. The summed E-state index contributed by atoms with van der Waals surface area (Å²) in [7, 11) is -4.14. The molecule has 0 amide bonds. The highest BCUT2D eigenvalue weighted by molar-refractivity contribution is 7.90. The minimum atomic E-state index is -4.14. The van der Waals surface area contributed by atoms with Crippen LogP contribution in [0.1, 0.15) is 11.3 Å². The van der Waals surface area contributed by atoms with Gasteiger partial charge in [0.15, 0.2) is 5.65 Å². The second-order valence-electron chi connectivity index (χ2n) is 5.63. The Bertz CT molecular complexity index is 1110. The third-order valence-electron chi connectivity index (χ3n) is 3.96. The molecule has 0 aliphatic carbocycles. The number of carbonyl (C=O) groups is 1. The normalized spacial score (nSPS) is 11.9. The Kier molecular flexibility index (Phi) is 4.83. The zero-order valence-electron chi connectivity index (χ0n) is 14.0. The number of hydrogen-bond acceptors (Lipinski definition) is 5. The van der Waals surface area contributed by atoms with E-state index in [9.17, 15) is 22.0 Å². The van der Waals surface area contributed by atoms with E-state index in [1.54, 1.807) is 12.1 Å². The fourth-order valence-corrected chi connectivity index (χ4v) is 4.37. The number of halogens is 2. The van der Waals surface area contributed by atoms with Crippen molar-refractivity contribution in [3.8, 4) is 5.75 Å². The molecule has 0 fully saturated rings. The molecule has 27 heavy (non-hydrogen) atoms. The topological polar surface area (TPSA) is 98.5 Å². The molecule has 0 atom stereocenters. The number of nitrogens with zero attached hydrogens (tertiary/aromatic N) is 2. The monoisotopic (exact) mass is 396 g/mol. The molecule has 1 N–H and O–H groups in total. The first-order chi connectivity index (χ1) is 12.7. The van der Waals surface area contributed by atoms with Gasteiger partial charge in [0, 0.05) is 17.3 Å². The molecule has 2 aromatic heterocycles. The molecule has 0 saturated heterocycles. The van der Waals surface area contributed by atoms with Crippen molar-refractivity contribution in [1.29, 1.82) is 0 Å². The van der Waals surface area contributed by atoms with Crippen LogP contribution in [0.2, 0.25) is 0 Å². The van der Waals surface area contributed by atoms with E-state index in [1.165, 1.54) is 13.1 Å². The third-order valence-corrected chi connectivity index (χ3v) is 5.76. The number of aliphatic carboxylic acids is 1. The van der Waals surface area contributed by atoms with Crippen LogP contribution in [0.3, 0.4) is 0 Å². The second kappa shape index (κ2) is 6.95. The van der Waals surface area contributed by atoms with Gasteiger partial charge in [0.05, 0.1) is 11.3 Å². The Morgan fingerprint density at radius 2 is 1.93 bits per heavy atom. The Balaban J connectivity index is 2.16. The zero-order valence-corrected chi connectivity index (χ0v) is 14.8. The first-order valence-electron chi connectivity index (χ1n) is 7.69. The molecular formula is C17H14F2N2O5S. The lowest BCUT2D eigenvalue weighted by Crippen LogP contribution is -2.15. The third kappa shape index (κ3) is 3.47. The predicted octanol–water partition coefficient (Wildman–Crippen LogP) is 2.81. The van der Waals surface area contributed by atoms with Crippen molar-refractivity contribution in [3.05, 3.63) is 53.9 Å². The number of alkyl halides is 2. The molecule has 0 bridgehead atoms. The lowest BCUT2D eigenvalue weighted by molar-refractivity contribution is -0.136. The fraction of sp³-hybridized carbons (Fsp3) is 0.176. The molecule has 0 radical (unpaired) electrons. The van der Waals surface area contributed by atoms with Crippen LogP contribution in [-0.2, 0) is 21.2 Å². The number of fused-ring (bicyclic) bond motifs is 1. The summed E-state index contributed by atoms with van der Waals surface area (Å²) in [5, 5.41) is 9.54. The van der Waals surface area contributed by atoms with Crippen molar-refractivity contribution in [2.75, 3.05) is 0 Å². The van der Waals surface area contributed by atoms with E-state index in [0.29, 0.717) is 10.9 Å². The van der Waals surface area contributed by atoms with Gasteiger partial charge < -0.3 is 9.84 Å². The van der Waals surface area contributed by atoms with Gasteiger partial charge >= 0.3 is 12.6 Å². The fourth-order valence-electron chi connectivity index (χ4n) is 2.84. The quantitative estimate of drug-likeness (QED) is 0.688. The highest BCUT2D eigenvalue weighted by atomic mass is 32.2. The van der Waals surface area contributed by atoms with Crippen LogP contribution in [0.15, 0.2) is 47.5 Å². The maximum Gasteiger partial charge on any atom is 0.387 e. The van der Waals surface area contributed by atoms with Crippen LogP contribution < -0.4 is 4.74 Å². The Labute approximate surface area is 152 Å². The van der Waals surface area contributed by atoms with Crippen molar-refractivity contribution < 1.29 is 31.8 Å². The number of benzene rings is 1. The maximum absolute atomic E-state index is 13.1. The minimum absolute atomic E-state index is 0.0964. The number of rotatable bonds is 6. The minimum Gasteiger partial charge on any atom is -0.481 e. The summed E-state index contributed by atoms with van der Waals surface area (Å²) in [4.78, 5) is 15.1. The largest absolute Gasteiger partial charge is 0.481 e. The molecule has 142 valence electrons. The van der Waals surface area contributed by atoms with E-state index in [1.807, 2.05) is 0 Å². The molecule has 0 saturated carbocycles. The summed E-state index contributed by atoms with van der Waals surface area (Å²) in [6, 6.07) is 7.69. The first-order valence-corrected chi connectivity index (χ1v) is 9.13. The molecule has 0 spiro atoms. The van der Waals surface area contributed by atoms with Gasteiger partial charge in [-0.1, -0.05) is 0 Å². The molecule has 1 aromatic carbocycles. The van der Waals surface area contributed by atoms with Gasteiger partial charge in [-0.25, -0.2) is 17.4 Å². The summed E-state index contributed by atoms with van der Waals surface area (Å²) in [6.45, 7) is -1.53. The summed E-state index contributed by atoms with van der Waals surface area (Å²) >= 11 is 0. The van der Waals surface area contributed by atoms with Crippen LogP contribution in [0.4, 0.5) is 8.78 Å². The number of carboxylic acid groups (broad SMARTS) is 1. The standard InChI is InChI=1S/C17H14F2N2O5S/c1-10-14(9-15(22)23)13-3-2-8-20-16(13)21(10)27(24,25)12-6-4-11(5-7-12)26-17(18)19/h2-8,17H,9H2,1H3,(H,22,23). The van der Waals surface area contributed by atoms with Gasteiger partial charge in [0.25, 0.3) is 10.0 Å². The molecule has 0 unspecified atom stereocenters. The molecule has 10 heteroatoms. The van der Waals surface area contributed by atoms with Crippen LogP contribution in [0.5, 0.6) is 5.75 Å². The number of ether oxygens (including phenoxy) is 1. The van der Waals surface area contributed by atoms with E-state index in [4.69, 9.17) is 5.11 Å². The van der Waals surface area contributed by atoms with E-state index >= 15 is 0 Å². The van der Waals surface area contributed by atoms with Gasteiger partial charge in [0.1, 0.15) is 5.75 Å². The molecule has 0 aliphatic rings. The molecule has 3 rings (SSSR count). The van der Waals surface area contributed by atoms with Crippen molar-refractivity contribution in [1.82, 2.24) is 8.96 Å². The van der Waals surface area contributed by atoms with Gasteiger partial charge in [-0.3, -0.25) is 4.79 Å². The molecular weight excluding hydrogens is 382 g/mol. The van der Waals surface area contributed by atoms with Crippen LogP contribution in [0, 0.1) is 6.92 Å². The zero-order chi connectivity index (χ0) is 19.8. The highest BCUT2D eigenvalue weighted by Crippen LogP contribution is 2.29. The van der Waals surface area contributed by atoms with E-state index in [0.717, 1.165) is 28.2 Å².